The Bertz CT molecular complexity index is 764. The van der Waals surface area contributed by atoms with E-state index in [0.29, 0.717) is 22.5 Å². The summed E-state index contributed by atoms with van der Waals surface area (Å²) in [5.41, 5.74) is 2.17. The van der Waals surface area contributed by atoms with Crippen LogP contribution in [0, 0.1) is 13.8 Å². The first-order chi connectivity index (χ1) is 11.2. The molecule has 6 nitrogen and oxygen atoms in total. The Kier molecular flexibility index (Phi) is 5.28. The van der Waals surface area contributed by atoms with Gasteiger partial charge >= 0.3 is 6.55 Å². The standard InChI is InChI=1S/C16H20F2N4O2/c1-9-14(11(3)23)10(2)20-15(9)12(24)7-21(4)8-13-19-5-6-22(13)16(17)18/h5-6,16,20H,7-8H2,1-4H3. The number of alkyl halides is 2. The summed E-state index contributed by atoms with van der Waals surface area (Å²) in [7, 11) is 1.65. The number of aryl methyl sites for hydroxylation is 1. The molecule has 2 aromatic heterocycles. The average molecular weight is 338 g/mol. The third-order valence-electron chi connectivity index (χ3n) is 3.85. The second kappa shape index (κ2) is 7.04. The van der Waals surface area contributed by atoms with Crippen molar-refractivity contribution >= 4 is 11.6 Å². The molecule has 0 aliphatic heterocycles. The number of carbonyl (C=O) groups is 2. The molecular formula is C16H20F2N4O2. The maximum Gasteiger partial charge on any atom is 0.319 e. The Balaban J connectivity index is 2.11. The lowest BCUT2D eigenvalue weighted by molar-refractivity contribution is 0.0644. The van der Waals surface area contributed by atoms with Crippen LogP contribution in [-0.4, -0.2) is 44.6 Å². The molecule has 2 heterocycles. The number of ketones is 2. The largest absolute Gasteiger partial charge is 0.355 e. The smallest absolute Gasteiger partial charge is 0.319 e. The van der Waals surface area contributed by atoms with Crippen LogP contribution in [0.4, 0.5) is 8.78 Å². The number of hydrogen-bond acceptors (Lipinski definition) is 4. The lowest BCUT2D eigenvalue weighted by Gasteiger charge is -2.16. The zero-order valence-corrected chi connectivity index (χ0v) is 14.1. The van der Waals surface area contributed by atoms with Crippen LogP contribution in [-0.2, 0) is 6.54 Å². The highest BCUT2D eigenvalue weighted by atomic mass is 19.3. The fraction of sp³-hybridized carbons (Fsp3) is 0.438. The first-order valence-electron chi connectivity index (χ1n) is 7.44. The van der Waals surface area contributed by atoms with Crippen molar-refractivity contribution in [3.8, 4) is 0 Å². The van der Waals surface area contributed by atoms with Gasteiger partial charge < -0.3 is 4.98 Å². The van der Waals surface area contributed by atoms with E-state index in [-0.39, 0.29) is 30.5 Å². The molecule has 8 heteroatoms. The third kappa shape index (κ3) is 3.59. The van der Waals surface area contributed by atoms with Crippen LogP contribution in [0.5, 0.6) is 0 Å². The summed E-state index contributed by atoms with van der Waals surface area (Å²) in [6, 6.07) is 0. The number of nitrogens with one attached hydrogen (secondary N) is 1. The topological polar surface area (TPSA) is 71.0 Å². The number of aromatic nitrogens is 3. The van der Waals surface area contributed by atoms with Gasteiger partial charge in [-0.3, -0.25) is 19.1 Å². The van der Waals surface area contributed by atoms with Crippen LogP contribution in [0.1, 0.15) is 51.4 Å². The molecule has 0 spiro atoms. The minimum absolute atomic E-state index is 0.0221. The van der Waals surface area contributed by atoms with E-state index < -0.39 is 6.55 Å². The van der Waals surface area contributed by atoms with Gasteiger partial charge in [-0.05, 0) is 33.4 Å². The van der Waals surface area contributed by atoms with Gasteiger partial charge in [0.1, 0.15) is 5.82 Å². The lowest BCUT2D eigenvalue weighted by Crippen LogP contribution is -2.27. The number of H-pyrrole nitrogens is 1. The van der Waals surface area contributed by atoms with Gasteiger partial charge in [0.25, 0.3) is 0 Å². The summed E-state index contributed by atoms with van der Waals surface area (Å²) >= 11 is 0. The van der Waals surface area contributed by atoms with Crippen LogP contribution in [0.15, 0.2) is 12.4 Å². The van der Waals surface area contributed by atoms with Crippen molar-refractivity contribution in [1.82, 2.24) is 19.4 Å². The van der Waals surface area contributed by atoms with E-state index in [1.807, 2.05) is 0 Å². The van der Waals surface area contributed by atoms with Crippen LogP contribution >= 0.6 is 0 Å². The predicted octanol–water partition coefficient (Wildman–Crippen LogP) is 2.74. The Morgan fingerprint density at radius 2 is 2.04 bits per heavy atom. The minimum atomic E-state index is -2.67. The van der Waals surface area contributed by atoms with E-state index in [9.17, 15) is 18.4 Å². The second-order valence-electron chi connectivity index (χ2n) is 5.81. The molecule has 0 radical (unpaired) electrons. The number of rotatable bonds is 7. The number of aromatic amines is 1. The Labute approximate surface area is 138 Å². The molecule has 0 aliphatic carbocycles. The summed E-state index contributed by atoms with van der Waals surface area (Å²) in [6.07, 6.45) is 2.50. The SMILES string of the molecule is CC(=O)c1c(C)[nH]c(C(=O)CN(C)Cc2nccn2C(F)F)c1C. The molecule has 24 heavy (non-hydrogen) atoms. The van der Waals surface area contributed by atoms with E-state index in [1.165, 1.54) is 19.3 Å². The van der Waals surface area contributed by atoms with Crippen LogP contribution in [0.2, 0.25) is 0 Å². The highest BCUT2D eigenvalue weighted by molar-refractivity contribution is 6.03. The van der Waals surface area contributed by atoms with Gasteiger partial charge in [-0.2, -0.15) is 8.78 Å². The van der Waals surface area contributed by atoms with Gasteiger partial charge in [0.2, 0.25) is 0 Å². The van der Waals surface area contributed by atoms with E-state index in [1.54, 1.807) is 25.8 Å². The zero-order valence-electron chi connectivity index (χ0n) is 14.1. The predicted molar refractivity (Wildman–Crippen MR) is 84.4 cm³/mol. The van der Waals surface area contributed by atoms with Crippen molar-refractivity contribution in [3.63, 3.8) is 0 Å². The average Bonchev–Trinajstić information content (AvgIpc) is 3.02. The van der Waals surface area contributed by atoms with Crippen molar-refractivity contribution in [2.24, 2.45) is 0 Å². The minimum Gasteiger partial charge on any atom is -0.355 e. The van der Waals surface area contributed by atoms with Gasteiger partial charge in [-0.1, -0.05) is 0 Å². The lowest BCUT2D eigenvalue weighted by atomic mass is 10.1. The van der Waals surface area contributed by atoms with Crippen molar-refractivity contribution in [3.05, 3.63) is 40.7 Å². The van der Waals surface area contributed by atoms with Gasteiger partial charge in [-0.15, -0.1) is 0 Å². The Morgan fingerprint density at radius 3 is 2.58 bits per heavy atom. The maximum absolute atomic E-state index is 12.8. The van der Waals surface area contributed by atoms with Gasteiger partial charge in [0.15, 0.2) is 11.6 Å². The van der Waals surface area contributed by atoms with Crippen molar-refractivity contribution in [1.29, 1.82) is 0 Å². The molecule has 2 rings (SSSR count). The normalized spacial score (nSPS) is 11.5. The summed E-state index contributed by atoms with van der Waals surface area (Å²) in [4.78, 5) is 32.5. The molecule has 0 fully saturated rings. The molecule has 0 aliphatic rings. The number of halogens is 2. The Hall–Kier alpha value is -2.35. The molecule has 0 bridgehead atoms. The van der Waals surface area contributed by atoms with Crippen molar-refractivity contribution < 1.29 is 18.4 Å². The number of likely N-dealkylation sites (N-methyl/N-ethyl adjacent to an activating group) is 1. The number of nitrogens with zero attached hydrogens (tertiary/aromatic N) is 3. The van der Waals surface area contributed by atoms with Gasteiger partial charge in [0, 0.05) is 23.7 Å². The molecule has 0 saturated heterocycles. The van der Waals surface area contributed by atoms with E-state index in [2.05, 4.69) is 9.97 Å². The second-order valence-corrected chi connectivity index (χ2v) is 5.81. The summed E-state index contributed by atoms with van der Waals surface area (Å²) in [6.45, 7) is 2.38. The van der Waals surface area contributed by atoms with Crippen LogP contribution in [0.25, 0.3) is 0 Å². The van der Waals surface area contributed by atoms with E-state index in [0.717, 1.165) is 4.57 Å². The quantitative estimate of drug-likeness (QED) is 0.788. The number of hydrogen-bond donors (Lipinski definition) is 1. The van der Waals surface area contributed by atoms with Crippen molar-refractivity contribution in [2.75, 3.05) is 13.6 Å². The monoisotopic (exact) mass is 338 g/mol. The van der Waals surface area contributed by atoms with Crippen LogP contribution < -0.4 is 0 Å². The third-order valence-corrected chi connectivity index (χ3v) is 3.85. The van der Waals surface area contributed by atoms with Crippen LogP contribution in [0.3, 0.4) is 0 Å². The molecular weight excluding hydrogens is 318 g/mol. The molecule has 1 N–H and O–H groups in total. The van der Waals surface area contributed by atoms with Gasteiger partial charge in [0.05, 0.1) is 18.8 Å². The fourth-order valence-electron chi connectivity index (χ4n) is 2.82. The first-order valence-corrected chi connectivity index (χ1v) is 7.44. The van der Waals surface area contributed by atoms with Gasteiger partial charge in [-0.25, -0.2) is 4.98 Å². The molecule has 130 valence electrons. The van der Waals surface area contributed by atoms with E-state index >= 15 is 0 Å². The maximum atomic E-state index is 12.8. The highest BCUT2D eigenvalue weighted by Crippen LogP contribution is 2.19. The van der Waals surface area contributed by atoms with Crippen molar-refractivity contribution in [2.45, 2.75) is 33.9 Å². The molecule has 0 aromatic carbocycles. The number of Topliss-reactive ketones (excluding diaryl/α,β-unsaturated/α-hetero) is 2. The zero-order chi connectivity index (χ0) is 18.0. The highest BCUT2D eigenvalue weighted by Gasteiger charge is 2.21. The summed E-state index contributed by atoms with van der Waals surface area (Å²) in [5.74, 6) is -0.127. The summed E-state index contributed by atoms with van der Waals surface area (Å²) < 4.78 is 26.4. The first kappa shape index (κ1) is 18.0. The molecule has 2 aromatic rings. The number of imidazole rings is 1. The fourth-order valence-corrected chi connectivity index (χ4v) is 2.82. The Morgan fingerprint density at radius 1 is 1.38 bits per heavy atom. The molecule has 0 unspecified atom stereocenters. The molecule has 0 amide bonds. The summed E-state index contributed by atoms with van der Waals surface area (Å²) in [5, 5.41) is 0. The van der Waals surface area contributed by atoms with E-state index in [4.69, 9.17) is 0 Å². The number of carbonyl (C=O) groups excluding carboxylic acids is 2. The molecule has 0 saturated carbocycles. The molecule has 0 atom stereocenters.